The molecule has 2 aliphatic rings. The van der Waals surface area contributed by atoms with E-state index in [9.17, 15) is 22.8 Å². The Balaban J connectivity index is 1.23. The van der Waals surface area contributed by atoms with E-state index in [0.29, 0.717) is 24.7 Å². The molecule has 0 unspecified atom stereocenters. The number of benzene rings is 3. The normalized spacial score (nSPS) is 17.2. The van der Waals surface area contributed by atoms with Crippen molar-refractivity contribution in [3.8, 4) is 0 Å². The van der Waals surface area contributed by atoms with E-state index < -0.39 is 33.8 Å². The monoisotopic (exact) mass is 559 g/mol. The molecule has 3 aromatic rings. The largest absolute Gasteiger partial charge is 0.324 e. The van der Waals surface area contributed by atoms with Gasteiger partial charge in [0.1, 0.15) is 6.04 Å². The standard InChI is InChI=1S/C31H33N3O5S/c1-21(2)28(34-30(36)26-10-6-7-11-27(26)31(34)37)29(35)32-24-12-14-25(15-13-24)40(38,39)33-18-16-23(17-19-33)20-22-8-4-3-5-9-22/h3-15,21,23,28H,16-20H2,1-2H3,(H,32,35)/t28-/m1/s1. The third kappa shape index (κ3) is 5.44. The van der Waals surface area contributed by atoms with Crippen LogP contribution in [0.2, 0.25) is 0 Å². The van der Waals surface area contributed by atoms with Crippen LogP contribution in [-0.2, 0) is 21.2 Å². The van der Waals surface area contributed by atoms with Crippen LogP contribution in [-0.4, -0.2) is 54.5 Å². The topological polar surface area (TPSA) is 104 Å². The Morgan fingerprint density at radius 1 is 0.850 bits per heavy atom. The average molecular weight is 560 g/mol. The summed E-state index contributed by atoms with van der Waals surface area (Å²) in [5, 5.41) is 2.76. The van der Waals surface area contributed by atoms with Crippen molar-refractivity contribution in [3.63, 3.8) is 0 Å². The molecule has 1 atom stereocenters. The summed E-state index contributed by atoms with van der Waals surface area (Å²) in [5.74, 6) is -1.40. The molecule has 3 amide bonds. The van der Waals surface area contributed by atoms with Gasteiger partial charge in [-0.15, -0.1) is 0 Å². The van der Waals surface area contributed by atoms with Gasteiger partial charge in [-0.1, -0.05) is 56.3 Å². The van der Waals surface area contributed by atoms with E-state index in [4.69, 9.17) is 0 Å². The predicted molar refractivity (Wildman–Crippen MR) is 152 cm³/mol. The lowest BCUT2D eigenvalue weighted by molar-refractivity contribution is -0.121. The van der Waals surface area contributed by atoms with Gasteiger partial charge in [-0.25, -0.2) is 8.42 Å². The number of anilines is 1. The lowest BCUT2D eigenvalue weighted by Gasteiger charge is -2.31. The Morgan fingerprint density at radius 3 is 1.95 bits per heavy atom. The van der Waals surface area contributed by atoms with Crippen LogP contribution in [0, 0.1) is 11.8 Å². The fourth-order valence-electron chi connectivity index (χ4n) is 5.56. The first-order valence-electron chi connectivity index (χ1n) is 13.6. The number of carbonyl (C=O) groups excluding carboxylic acids is 3. The molecule has 0 saturated carbocycles. The first-order chi connectivity index (χ1) is 19.2. The summed E-state index contributed by atoms with van der Waals surface area (Å²) in [6.45, 7) is 4.47. The molecule has 3 aromatic carbocycles. The van der Waals surface area contributed by atoms with Crippen LogP contribution >= 0.6 is 0 Å². The van der Waals surface area contributed by atoms with Crippen LogP contribution in [0.1, 0.15) is 53.0 Å². The minimum atomic E-state index is -3.67. The molecule has 0 spiro atoms. The Morgan fingerprint density at radius 2 is 1.40 bits per heavy atom. The number of piperidine rings is 1. The number of hydrogen-bond donors (Lipinski definition) is 1. The van der Waals surface area contributed by atoms with Crippen molar-refractivity contribution in [1.29, 1.82) is 0 Å². The van der Waals surface area contributed by atoms with E-state index in [1.165, 1.54) is 34.1 Å². The van der Waals surface area contributed by atoms with Crippen molar-refractivity contribution in [2.45, 2.75) is 44.0 Å². The van der Waals surface area contributed by atoms with Crippen molar-refractivity contribution in [2.24, 2.45) is 11.8 Å². The molecule has 0 aromatic heterocycles. The average Bonchev–Trinajstić information content (AvgIpc) is 3.19. The van der Waals surface area contributed by atoms with Crippen molar-refractivity contribution in [2.75, 3.05) is 18.4 Å². The zero-order chi connectivity index (χ0) is 28.4. The molecule has 1 saturated heterocycles. The number of rotatable bonds is 8. The van der Waals surface area contributed by atoms with Gasteiger partial charge in [-0.2, -0.15) is 4.31 Å². The summed E-state index contributed by atoms with van der Waals surface area (Å²) < 4.78 is 28.1. The van der Waals surface area contributed by atoms with E-state index in [-0.39, 0.29) is 21.9 Å². The maximum absolute atomic E-state index is 13.3. The zero-order valence-corrected chi connectivity index (χ0v) is 23.4. The summed E-state index contributed by atoms with van der Waals surface area (Å²) in [4.78, 5) is 40.4. The molecule has 208 valence electrons. The Bertz CT molecular complexity index is 1480. The first kappa shape index (κ1) is 27.7. The van der Waals surface area contributed by atoms with Gasteiger partial charge in [0.05, 0.1) is 16.0 Å². The van der Waals surface area contributed by atoms with E-state index in [1.807, 2.05) is 18.2 Å². The van der Waals surface area contributed by atoms with Crippen molar-refractivity contribution < 1.29 is 22.8 Å². The van der Waals surface area contributed by atoms with Crippen molar-refractivity contribution in [1.82, 2.24) is 9.21 Å². The number of hydrogen-bond acceptors (Lipinski definition) is 5. The summed E-state index contributed by atoms with van der Waals surface area (Å²) in [6.07, 6.45) is 2.55. The van der Waals surface area contributed by atoms with E-state index >= 15 is 0 Å². The summed E-state index contributed by atoms with van der Waals surface area (Å²) in [7, 11) is -3.67. The summed E-state index contributed by atoms with van der Waals surface area (Å²) >= 11 is 0. The SMILES string of the molecule is CC(C)[C@H](C(=O)Nc1ccc(S(=O)(=O)N2CCC(Cc3ccccc3)CC2)cc1)N1C(=O)c2ccccc2C1=O. The number of imide groups is 1. The van der Waals surface area contributed by atoms with Gasteiger partial charge in [-0.3, -0.25) is 19.3 Å². The number of nitrogens with zero attached hydrogens (tertiary/aromatic N) is 2. The van der Waals surface area contributed by atoms with Gasteiger partial charge in [0.2, 0.25) is 15.9 Å². The van der Waals surface area contributed by atoms with Gasteiger partial charge in [0.15, 0.2) is 0 Å². The van der Waals surface area contributed by atoms with Gasteiger partial charge < -0.3 is 5.32 Å². The predicted octanol–water partition coefficient (Wildman–Crippen LogP) is 4.59. The van der Waals surface area contributed by atoms with Crippen molar-refractivity contribution >= 4 is 33.4 Å². The van der Waals surface area contributed by atoms with Crippen LogP contribution in [0.3, 0.4) is 0 Å². The molecule has 1 fully saturated rings. The molecule has 1 N–H and O–H groups in total. The number of sulfonamides is 1. The zero-order valence-electron chi connectivity index (χ0n) is 22.6. The number of carbonyl (C=O) groups is 3. The second-order valence-corrected chi connectivity index (χ2v) is 12.7. The lowest BCUT2D eigenvalue weighted by Crippen LogP contribution is -2.50. The molecular weight excluding hydrogens is 526 g/mol. The summed E-state index contributed by atoms with van der Waals surface area (Å²) in [6, 6.07) is 21.8. The fourth-order valence-corrected chi connectivity index (χ4v) is 7.03. The molecule has 0 bridgehead atoms. The Kier molecular flexibility index (Phi) is 7.87. The highest BCUT2D eigenvalue weighted by molar-refractivity contribution is 7.89. The summed E-state index contributed by atoms with van der Waals surface area (Å²) in [5.41, 5.74) is 2.21. The minimum Gasteiger partial charge on any atom is -0.324 e. The third-order valence-electron chi connectivity index (χ3n) is 7.70. The quantitative estimate of drug-likeness (QED) is 0.407. The van der Waals surface area contributed by atoms with E-state index in [2.05, 4.69) is 17.4 Å². The molecule has 5 rings (SSSR count). The molecule has 9 heteroatoms. The van der Waals surface area contributed by atoms with Gasteiger partial charge in [-0.05, 0) is 73.1 Å². The maximum Gasteiger partial charge on any atom is 0.262 e. The number of fused-ring (bicyclic) bond motifs is 1. The van der Waals surface area contributed by atoms with Crippen LogP contribution in [0.15, 0.2) is 83.8 Å². The van der Waals surface area contributed by atoms with Gasteiger partial charge >= 0.3 is 0 Å². The highest BCUT2D eigenvalue weighted by Gasteiger charge is 2.44. The molecular formula is C31H33N3O5S. The van der Waals surface area contributed by atoms with Gasteiger partial charge in [0.25, 0.3) is 11.8 Å². The third-order valence-corrected chi connectivity index (χ3v) is 9.62. The number of nitrogens with one attached hydrogen (secondary N) is 1. The fraction of sp³-hybridized carbons (Fsp3) is 0.323. The van der Waals surface area contributed by atoms with Crippen LogP contribution < -0.4 is 5.32 Å². The van der Waals surface area contributed by atoms with Crippen LogP contribution in [0.25, 0.3) is 0 Å². The molecule has 2 heterocycles. The Labute approximate surface area is 235 Å². The molecule has 8 nitrogen and oxygen atoms in total. The maximum atomic E-state index is 13.3. The molecule has 0 aliphatic carbocycles. The van der Waals surface area contributed by atoms with Crippen LogP contribution in [0.5, 0.6) is 0 Å². The van der Waals surface area contributed by atoms with Crippen molar-refractivity contribution in [3.05, 3.63) is 95.6 Å². The molecule has 2 aliphatic heterocycles. The smallest absolute Gasteiger partial charge is 0.262 e. The van der Waals surface area contributed by atoms with E-state index in [1.54, 1.807) is 38.1 Å². The van der Waals surface area contributed by atoms with E-state index in [0.717, 1.165) is 24.2 Å². The lowest BCUT2D eigenvalue weighted by atomic mass is 9.91. The van der Waals surface area contributed by atoms with Crippen LogP contribution in [0.4, 0.5) is 5.69 Å². The second-order valence-electron chi connectivity index (χ2n) is 10.8. The molecule has 40 heavy (non-hydrogen) atoms. The highest BCUT2D eigenvalue weighted by atomic mass is 32.2. The molecule has 0 radical (unpaired) electrons. The minimum absolute atomic E-state index is 0.160. The first-order valence-corrected chi connectivity index (χ1v) is 15.0. The Hall–Kier alpha value is -3.82. The number of amides is 3. The van der Waals surface area contributed by atoms with Gasteiger partial charge in [0, 0.05) is 18.8 Å². The second kappa shape index (κ2) is 11.3. The highest BCUT2D eigenvalue weighted by Crippen LogP contribution is 2.29.